The zero-order valence-electron chi connectivity index (χ0n) is 18.5. The Kier molecular flexibility index (Phi) is 5.66. The average molecular weight is 506 g/mol. The third-order valence-electron chi connectivity index (χ3n) is 6.72. The van der Waals surface area contributed by atoms with Gasteiger partial charge in [-0.15, -0.1) is 0 Å². The van der Waals surface area contributed by atoms with Gasteiger partial charge in [-0.2, -0.15) is 13.2 Å². The first-order valence-corrected chi connectivity index (χ1v) is 11.5. The normalized spacial score (nSPS) is 16.2. The molecule has 0 unspecified atom stereocenters. The molecule has 0 bridgehead atoms. The van der Waals surface area contributed by atoms with Crippen LogP contribution in [-0.2, 0) is 23.3 Å². The number of aryl methyl sites for hydroxylation is 1. The lowest BCUT2D eigenvalue weighted by Gasteiger charge is -2.26. The number of hydrogen-bond acceptors (Lipinski definition) is 4. The number of benzene rings is 1. The molecule has 1 aliphatic carbocycles. The van der Waals surface area contributed by atoms with Crippen molar-refractivity contribution >= 4 is 40.2 Å². The lowest BCUT2D eigenvalue weighted by molar-refractivity contribution is -0.272. The summed E-state index contributed by atoms with van der Waals surface area (Å²) in [6.45, 7) is -1.43. The van der Waals surface area contributed by atoms with Gasteiger partial charge in [0.15, 0.2) is 0 Å². The van der Waals surface area contributed by atoms with E-state index >= 15 is 0 Å². The molecular formula is C24H21ClF3N4O3-. The first-order valence-electron chi connectivity index (χ1n) is 11.2. The lowest BCUT2D eigenvalue weighted by atomic mass is 9.99. The van der Waals surface area contributed by atoms with Crippen molar-refractivity contribution in [2.45, 2.75) is 43.9 Å². The van der Waals surface area contributed by atoms with Gasteiger partial charge in [-0.05, 0) is 55.2 Å². The van der Waals surface area contributed by atoms with Gasteiger partial charge in [-0.3, -0.25) is 9.78 Å². The van der Waals surface area contributed by atoms with Crippen molar-refractivity contribution in [1.29, 1.82) is 0 Å². The minimum atomic E-state index is -4.65. The number of carboxylic acid groups (broad SMARTS) is 1. The quantitative estimate of drug-likeness (QED) is 0.488. The second-order valence-electron chi connectivity index (χ2n) is 9.01. The molecule has 0 atom stereocenters. The molecule has 3 aromatic rings. The van der Waals surface area contributed by atoms with Crippen LogP contribution >= 0.6 is 11.6 Å². The van der Waals surface area contributed by atoms with Gasteiger partial charge in [0.25, 0.3) is 0 Å². The Bertz CT molecular complexity index is 1320. The molecule has 184 valence electrons. The predicted molar refractivity (Wildman–Crippen MR) is 121 cm³/mol. The molecule has 1 aliphatic heterocycles. The number of pyridine rings is 1. The number of alkyl halides is 3. The second-order valence-corrected chi connectivity index (χ2v) is 9.45. The van der Waals surface area contributed by atoms with E-state index in [4.69, 9.17) is 11.6 Å². The zero-order chi connectivity index (χ0) is 25.0. The summed E-state index contributed by atoms with van der Waals surface area (Å²) in [4.78, 5) is 30.7. The topological polar surface area (TPSA) is 81.5 Å². The maximum Gasteiger partial charge on any atom is 0.405 e. The minimum Gasteiger partial charge on any atom is -0.530 e. The first kappa shape index (κ1) is 23.5. The van der Waals surface area contributed by atoms with Crippen LogP contribution in [0.3, 0.4) is 0 Å². The highest BCUT2D eigenvalue weighted by Gasteiger charge is 2.59. The van der Waals surface area contributed by atoms with Crippen LogP contribution in [0.15, 0.2) is 42.7 Å². The van der Waals surface area contributed by atoms with Crippen LogP contribution in [0.4, 0.5) is 23.7 Å². The molecule has 2 amide bonds. The van der Waals surface area contributed by atoms with Gasteiger partial charge in [-0.1, -0.05) is 11.6 Å². The van der Waals surface area contributed by atoms with E-state index in [0.717, 1.165) is 40.7 Å². The average Bonchev–Trinajstić information content (AvgIpc) is 3.48. The maximum atomic E-state index is 13.3. The molecule has 35 heavy (non-hydrogen) atoms. The predicted octanol–water partition coefficient (Wildman–Crippen LogP) is 3.87. The Hall–Kier alpha value is -3.27. The fourth-order valence-electron chi connectivity index (χ4n) is 4.98. The van der Waals surface area contributed by atoms with Crippen LogP contribution in [0.1, 0.15) is 30.5 Å². The number of halogens is 4. The highest BCUT2D eigenvalue weighted by molar-refractivity contribution is 6.31. The molecule has 11 heteroatoms. The highest BCUT2D eigenvalue weighted by Crippen LogP contribution is 2.57. The fourth-order valence-corrected chi connectivity index (χ4v) is 5.16. The molecule has 5 rings (SSSR count). The second kappa shape index (κ2) is 8.44. The maximum absolute atomic E-state index is 13.3. The van der Waals surface area contributed by atoms with Crippen molar-refractivity contribution in [1.82, 2.24) is 14.5 Å². The van der Waals surface area contributed by atoms with E-state index < -0.39 is 24.2 Å². The summed E-state index contributed by atoms with van der Waals surface area (Å²) in [7, 11) is 0. The summed E-state index contributed by atoms with van der Waals surface area (Å²) in [6.07, 6.45) is -1.46. The summed E-state index contributed by atoms with van der Waals surface area (Å²) in [5.41, 5.74) is 2.81. The Morgan fingerprint density at radius 3 is 2.69 bits per heavy atom. The van der Waals surface area contributed by atoms with Gasteiger partial charge < -0.3 is 24.3 Å². The van der Waals surface area contributed by atoms with E-state index in [9.17, 15) is 27.9 Å². The Balaban J connectivity index is 1.42. The summed E-state index contributed by atoms with van der Waals surface area (Å²) < 4.78 is 40.1. The van der Waals surface area contributed by atoms with Crippen molar-refractivity contribution in [3.05, 3.63) is 59.0 Å². The monoisotopic (exact) mass is 505 g/mol. The number of anilines is 1. The summed E-state index contributed by atoms with van der Waals surface area (Å²) in [6, 6.07) is 9.06. The van der Waals surface area contributed by atoms with Crippen molar-refractivity contribution in [2.24, 2.45) is 0 Å². The molecule has 2 aromatic heterocycles. The summed E-state index contributed by atoms with van der Waals surface area (Å²) >= 11 is 6.16. The van der Waals surface area contributed by atoms with Crippen molar-refractivity contribution in [3.8, 4) is 0 Å². The van der Waals surface area contributed by atoms with E-state index in [0.29, 0.717) is 5.02 Å². The summed E-state index contributed by atoms with van der Waals surface area (Å²) in [5, 5.41) is 12.5. The molecular weight excluding hydrogens is 485 g/mol. The summed E-state index contributed by atoms with van der Waals surface area (Å²) in [5.74, 6) is 0.0173. The number of carbonyl (C=O) groups excluding carboxylic acids is 2. The standard InChI is InChI=1S/C24H22ClF3N4O3/c25-16-2-3-19-15(10-16)11-17(31(19)9-1-8-30(22(34)35)14-24(26,27)28)13-32-20-12-29-7-4-18(20)23(5-6-23)21(32)33/h2-4,7,10-12H,1,5-6,8-9,13-14H2,(H,34,35)/p-1. The third kappa shape index (κ3) is 4.31. The largest absolute Gasteiger partial charge is 0.530 e. The van der Waals surface area contributed by atoms with Gasteiger partial charge in [-0.25, -0.2) is 0 Å². The van der Waals surface area contributed by atoms with Crippen LogP contribution in [0.2, 0.25) is 5.02 Å². The first-order chi connectivity index (χ1) is 16.6. The molecule has 0 N–H and O–H groups in total. The van der Waals surface area contributed by atoms with Crippen LogP contribution < -0.4 is 10.0 Å². The van der Waals surface area contributed by atoms with Crippen molar-refractivity contribution in [3.63, 3.8) is 0 Å². The van der Waals surface area contributed by atoms with E-state index in [2.05, 4.69) is 4.98 Å². The number of rotatable bonds is 7. The van der Waals surface area contributed by atoms with E-state index in [1.165, 1.54) is 0 Å². The Labute approximate surface area is 203 Å². The molecule has 2 aliphatic rings. The van der Waals surface area contributed by atoms with Gasteiger partial charge in [0.1, 0.15) is 12.6 Å². The number of aromatic nitrogens is 2. The van der Waals surface area contributed by atoms with Crippen LogP contribution in [0, 0.1) is 0 Å². The van der Waals surface area contributed by atoms with Gasteiger partial charge in [0.05, 0.1) is 23.8 Å². The molecule has 3 heterocycles. The van der Waals surface area contributed by atoms with Gasteiger partial charge in [0.2, 0.25) is 5.91 Å². The van der Waals surface area contributed by atoms with Crippen molar-refractivity contribution < 1.29 is 27.9 Å². The van der Waals surface area contributed by atoms with Crippen LogP contribution in [0.5, 0.6) is 0 Å². The fraction of sp³-hybridized carbons (Fsp3) is 0.375. The highest BCUT2D eigenvalue weighted by atomic mass is 35.5. The third-order valence-corrected chi connectivity index (χ3v) is 6.95. The number of nitrogens with zero attached hydrogens (tertiary/aromatic N) is 4. The number of amides is 2. The van der Waals surface area contributed by atoms with Crippen LogP contribution in [-0.4, -0.2) is 45.7 Å². The number of hydrogen-bond donors (Lipinski definition) is 0. The SMILES string of the molecule is O=C([O-])N(CCCn1c(CN2C(=O)C3(CC3)c3ccncc32)cc2cc(Cl)ccc21)CC(F)(F)F. The molecule has 1 aromatic carbocycles. The smallest absolute Gasteiger partial charge is 0.405 e. The molecule has 1 saturated carbocycles. The van der Waals surface area contributed by atoms with E-state index in [1.54, 1.807) is 35.5 Å². The molecule has 7 nitrogen and oxygen atoms in total. The molecule has 0 radical (unpaired) electrons. The molecule has 1 spiro atoms. The Morgan fingerprint density at radius 2 is 2.00 bits per heavy atom. The minimum absolute atomic E-state index is 0.0173. The van der Waals surface area contributed by atoms with Gasteiger partial charge >= 0.3 is 6.18 Å². The number of carbonyl (C=O) groups is 2. The van der Waals surface area contributed by atoms with Crippen LogP contribution in [0.25, 0.3) is 10.9 Å². The van der Waals surface area contributed by atoms with E-state index in [1.807, 2.05) is 16.7 Å². The zero-order valence-corrected chi connectivity index (χ0v) is 19.3. The lowest BCUT2D eigenvalue weighted by Crippen LogP contribution is -2.46. The van der Waals surface area contributed by atoms with E-state index in [-0.39, 0.29) is 36.9 Å². The molecule has 1 fully saturated rings. The number of fused-ring (bicyclic) bond motifs is 3. The molecule has 0 saturated heterocycles. The van der Waals surface area contributed by atoms with Gasteiger partial charge in [0, 0.05) is 40.9 Å². The Morgan fingerprint density at radius 1 is 1.23 bits per heavy atom. The van der Waals surface area contributed by atoms with Crippen molar-refractivity contribution in [2.75, 3.05) is 18.0 Å².